The molecule has 0 bridgehead atoms. The third-order valence-electron chi connectivity index (χ3n) is 3.90. The van der Waals surface area contributed by atoms with Gasteiger partial charge in [0.05, 0.1) is 5.69 Å². The van der Waals surface area contributed by atoms with Gasteiger partial charge in [-0.25, -0.2) is 0 Å². The molecule has 100 valence electrons. The summed E-state index contributed by atoms with van der Waals surface area (Å²) in [6, 6.07) is 8.07. The minimum atomic E-state index is 0.325. The maximum atomic E-state index is 9.66. The number of benzene rings is 1. The molecule has 0 saturated carbocycles. The second kappa shape index (κ2) is 5.05. The number of phenols is 1. The largest absolute Gasteiger partial charge is 0.508 e. The zero-order chi connectivity index (χ0) is 13.2. The lowest BCUT2D eigenvalue weighted by Gasteiger charge is -2.26. The third-order valence-corrected chi connectivity index (χ3v) is 3.90. The number of fused-ring (bicyclic) bond motifs is 1. The number of rotatable bonds is 3. The zero-order valence-electron chi connectivity index (χ0n) is 11.1. The summed E-state index contributed by atoms with van der Waals surface area (Å²) < 4.78 is 1.89. The number of nitrogens with zero attached hydrogens (tertiary/aromatic N) is 2. The molecule has 2 aromatic rings. The molecule has 1 aromatic heterocycles. The zero-order valence-corrected chi connectivity index (χ0v) is 11.1. The summed E-state index contributed by atoms with van der Waals surface area (Å²) in [4.78, 5) is 0. The van der Waals surface area contributed by atoms with Crippen molar-refractivity contribution in [3.05, 3.63) is 47.3 Å². The average molecular weight is 257 g/mol. The second-order valence-corrected chi connectivity index (χ2v) is 5.15. The molecule has 0 amide bonds. The van der Waals surface area contributed by atoms with Crippen LogP contribution in [0.3, 0.4) is 0 Å². The lowest BCUT2D eigenvalue weighted by atomic mass is 9.87. The smallest absolute Gasteiger partial charge is 0.115 e. The monoisotopic (exact) mass is 257 g/mol. The van der Waals surface area contributed by atoms with Crippen molar-refractivity contribution in [1.29, 1.82) is 0 Å². The van der Waals surface area contributed by atoms with Crippen LogP contribution in [0, 0.1) is 0 Å². The number of aromatic nitrogens is 2. The van der Waals surface area contributed by atoms with Gasteiger partial charge >= 0.3 is 0 Å². The van der Waals surface area contributed by atoms with E-state index in [2.05, 4.69) is 10.4 Å². The Morgan fingerprint density at radius 2 is 2.32 bits per heavy atom. The van der Waals surface area contributed by atoms with Crippen LogP contribution in [0.5, 0.6) is 5.75 Å². The molecule has 1 unspecified atom stereocenters. The molecule has 1 heterocycles. The summed E-state index contributed by atoms with van der Waals surface area (Å²) in [5.41, 5.74) is 3.77. The molecule has 0 saturated heterocycles. The van der Waals surface area contributed by atoms with Gasteiger partial charge in [0.1, 0.15) is 5.75 Å². The Morgan fingerprint density at radius 1 is 1.42 bits per heavy atom. The van der Waals surface area contributed by atoms with E-state index in [4.69, 9.17) is 0 Å². The van der Waals surface area contributed by atoms with Gasteiger partial charge in [-0.15, -0.1) is 0 Å². The fraction of sp³-hybridized carbons (Fsp3) is 0.400. The Kier molecular flexibility index (Phi) is 3.25. The predicted molar refractivity (Wildman–Crippen MR) is 73.8 cm³/mol. The fourth-order valence-corrected chi connectivity index (χ4v) is 2.80. The number of aryl methyl sites for hydroxylation is 2. The van der Waals surface area contributed by atoms with E-state index in [1.807, 2.05) is 36.1 Å². The molecule has 2 N–H and O–H groups in total. The molecule has 0 aliphatic heterocycles. The van der Waals surface area contributed by atoms with Crippen LogP contribution in [0.2, 0.25) is 0 Å². The Bertz CT molecular complexity index is 577. The van der Waals surface area contributed by atoms with Gasteiger partial charge in [-0.1, -0.05) is 6.07 Å². The van der Waals surface area contributed by atoms with Crippen LogP contribution in [-0.2, 0) is 20.0 Å². The molecule has 3 rings (SSSR count). The average Bonchev–Trinajstić information content (AvgIpc) is 2.82. The van der Waals surface area contributed by atoms with E-state index in [1.165, 1.54) is 23.2 Å². The van der Waals surface area contributed by atoms with Gasteiger partial charge < -0.3 is 10.4 Å². The van der Waals surface area contributed by atoms with Gasteiger partial charge in [0, 0.05) is 25.8 Å². The summed E-state index contributed by atoms with van der Waals surface area (Å²) >= 11 is 0. The number of hydrogen-bond acceptors (Lipinski definition) is 3. The maximum Gasteiger partial charge on any atom is 0.115 e. The summed E-state index contributed by atoms with van der Waals surface area (Å²) in [6.45, 7) is 0.802. The van der Waals surface area contributed by atoms with E-state index in [9.17, 15) is 5.11 Å². The van der Waals surface area contributed by atoms with Crippen molar-refractivity contribution >= 4 is 0 Å². The van der Waals surface area contributed by atoms with Crippen molar-refractivity contribution in [2.45, 2.75) is 31.8 Å². The Hall–Kier alpha value is -1.81. The van der Waals surface area contributed by atoms with Crippen LogP contribution in [0.1, 0.15) is 35.7 Å². The van der Waals surface area contributed by atoms with Crippen LogP contribution in [0.15, 0.2) is 30.5 Å². The Balaban J connectivity index is 1.76. The Morgan fingerprint density at radius 3 is 3.11 bits per heavy atom. The molecule has 4 heteroatoms. The van der Waals surface area contributed by atoms with Crippen LogP contribution in [0.25, 0.3) is 0 Å². The standard InChI is InChI=1S/C15H19N3O/c1-18-12(7-8-17-18)10-16-15-4-2-3-11-5-6-13(19)9-14(11)15/h5-9,15-16,19H,2-4,10H2,1H3. The topological polar surface area (TPSA) is 50.1 Å². The first kappa shape index (κ1) is 12.2. The molecular formula is C15H19N3O. The number of hydrogen-bond donors (Lipinski definition) is 2. The van der Waals surface area contributed by atoms with Gasteiger partial charge in [-0.05, 0) is 48.6 Å². The van der Waals surface area contributed by atoms with Crippen LogP contribution in [-0.4, -0.2) is 14.9 Å². The van der Waals surface area contributed by atoms with E-state index in [0.717, 1.165) is 19.4 Å². The minimum absolute atomic E-state index is 0.325. The van der Waals surface area contributed by atoms with E-state index in [1.54, 1.807) is 6.07 Å². The van der Waals surface area contributed by atoms with Crippen molar-refractivity contribution in [2.75, 3.05) is 0 Å². The van der Waals surface area contributed by atoms with Gasteiger partial charge in [0.25, 0.3) is 0 Å². The molecule has 1 atom stereocenters. The van der Waals surface area contributed by atoms with E-state index < -0.39 is 0 Å². The third kappa shape index (κ3) is 2.49. The first-order chi connectivity index (χ1) is 9.24. The van der Waals surface area contributed by atoms with Gasteiger partial charge in [0.15, 0.2) is 0 Å². The predicted octanol–water partition coefficient (Wildman–Crippen LogP) is 2.29. The first-order valence-electron chi connectivity index (χ1n) is 6.76. The molecular weight excluding hydrogens is 238 g/mol. The number of phenolic OH excluding ortho intramolecular Hbond substituents is 1. The highest BCUT2D eigenvalue weighted by Crippen LogP contribution is 2.32. The SMILES string of the molecule is Cn1nccc1CNC1CCCc2ccc(O)cc21. The lowest BCUT2D eigenvalue weighted by Crippen LogP contribution is -2.25. The van der Waals surface area contributed by atoms with E-state index in [0.29, 0.717) is 11.8 Å². The van der Waals surface area contributed by atoms with Crippen molar-refractivity contribution in [2.24, 2.45) is 7.05 Å². The van der Waals surface area contributed by atoms with Gasteiger partial charge in [-0.3, -0.25) is 4.68 Å². The molecule has 1 aliphatic rings. The highest BCUT2D eigenvalue weighted by atomic mass is 16.3. The molecule has 19 heavy (non-hydrogen) atoms. The highest BCUT2D eigenvalue weighted by molar-refractivity contribution is 5.38. The molecule has 0 radical (unpaired) electrons. The first-order valence-corrected chi connectivity index (χ1v) is 6.76. The van der Waals surface area contributed by atoms with Crippen molar-refractivity contribution in [1.82, 2.24) is 15.1 Å². The van der Waals surface area contributed by atoms with Crippen molar-refractivity contribution in [3.8, 4) is 5.75 Å². The van der Waals surface area contributed by atoms with Crippen LogP contribution >= 0.6 is 0 Å². The normalized spacial score (nSPS) is 18.3. The second-order valence-electron chi connectivity index (χ2n) is 5.15. The number of nitrogens with one attached hydrogen (secondary N) is 1. The summed E-state index contributed by atoms with van der Waals surface area (Å²) in [5, 5.41) is 17.4. The molecule has 1 aliphatic carbocycles. The molecule has 1 aromatic carbocycles. The minimum Gasteiger partial charge on any atom is -0.508 e. The van der Waals surface area contributed by atoms with Crippen molar-refractivity contribution in [3.63, 3.8) is 0 Å². The van der Waals surface area contributed by atoms with Crippen LogP contribution in [0.4, 0.5) is 0 Å². The molecule has 4 nitrogen and oxygen atoms in total. The van der Waals surface area contributed by atoms with E-state index in [-0.39, 0.29) is 0 Å². The fourth-order valence-electron chi connectivity index (χ4n) is 2.80. The Labute approximate surface area is 113 Å². The summed E-state index contributed by atoms with van der Waals surface area (Å²) in [7, 11) is 1.96. The van der Waals surface area contributed by atoms with E-state index >= 15 is 0 Å². The quantitative estimate of drug-likeness (QED) is 0.887. The van der Waals surface area contributed by atoms with Crippen LogP contribution < -0.4 is 5.32 Å². The lowest BCUT2D eigenvalue weighted by molar-refractivity contribution is 0.440. The molecule has 0 spiro atoms. The molecule has 0 fully saturated rings. The van der Waals surface area contributed by atoms with Gasteiger partial charge in [0.2, 0.25) is 0 Å². The van der Waals surface area contributed by atoms with Crippen molar-refractivity contribution < 1.29 is 5.11 Å². The highest BCUT2D eigenvalue weighted by Gasteiger charge is 2.20. The summed E-state index contributed by atoms with van der Waals surface area (Å²) in [6.07, 6.45) is 5.24. The number of aromatic hydroxyl groups is 1. The van der Waals surface area contributed by atoms with Gasteiger partial charge in [-0.2, -0.15) is 5.10 Å². The summed E-state index contributed by atoms with van der Waals surface area (Å²) in [5.74, 6) is 0.355. The maximum absolute atomic E-state index is 9.66.